The van der Waals surface area contributed by atoms with E-state index in [0.29, 0.717) is 0 Å². The van der Waals surface area contributed by atoms with Crippen LogP contribution < -0.4 is 5.43 Å². The second-order valence-corrected chi connectivity index (χ2v) is 5.99. The molecule has 2 rings (SSSR count). The highest BCUT2D eigenvalue weighted by atomic mass is 16.6. The second-order valence-electron chi connectivity index (χ2n) is 5.99. The van der Waals surface area contributed by atoms with Gasteiger partial charge in [-0.25, -0.2) is 9.59 Å². The molecule has 148 valence electrons. The molecule has 0 saturated heterocycles. The van der Waals surface area contributed by atoms with Gasteiger partial charge in [0.2, 0.25) is 0 Å². The Morgan fingerprint density at radius 2 is 2.00 bits per heavy atom. The van der Waals surface area contributed by atoms with Crippen LogP contribution in [0.5, 0.6) is 0 Å². The molecule has 1 heterocycles. The van der Waals surface area contributed by atoms with E-state index in [0.717, 1.165) is 24.4 Å². The summed E-state index contributed by atoms with van der Waals surface area (Å²) in [5, 5.41) is 25.7. The topological polar surface area (TPSA) is 163 Å². The summed E-state index contributed by atoms with van der Waals surface area (Å²) in [5.41, 5.74) is -0.133. The summed E-state index contributed by atoms with van der Waals surface area (Å²) in [4.78, 5) is 44.3. The third kappa shape index (κ3) is 4.11. The highest BCUT2D eigenvalue weighted by molar-refractivity contribution is 6.20. The van der Waals surface area contributed by atoms with Crippen LogP contribution in [-0.2, 0) is 19.1 Å². The molecule has 12 heteroatoms. The van der Waals surface area contributed by atoms with E-state index in [1.807, 2.05) is 0 Å². The molecule has 1 aliphatic heterocycles. The quantitative estimate of drug-likeness (QED) is 0.240. The molecule has 12 nitrogen and oxygen atoms in total. The van der Waals surface area contributed by atoms with Gasteiger partial charge in [-0.1, -0.05) is 0 Å². The first kappa shape index (κ1) is 20.5. The smallest absolute Gasteiger partial charge is 0.346 e. The van der Waals surface area contributed by atoms with Crippen molar-refractivity contribution in [3.63, 3.8) is 0 Å². The Morgan fingerprint density at radius 1 is 1.32 bits per heavy atom. The standard InChI is InChI=1S/C16H16N4O8/c1-4-27-14(21)13-10(16(2,3)28-15(13)22)8-17-18-11-6-5-9(19(23)24)7-12(11)20(25)26/h5-8,18H,4H2,1-3H3/b17-8-. The SMILES string of the molecule is CCOC(=O)C1=C(/C=N\Nc2ccc([N+](=O)[O-])cc2[N+](=O)[O-])C(C)(C)OC1=O. The molecule has 0 atom stereocenters. The van der Waals surface area contributed by atoms with E-state index in [1.54, 1.807) is 6.92 Å². The lowest BCUT2D eigenvalue weighted by atomic mass is 9.97. The van der Waals surface area contributed by atoms with E-state index in [2.05, 4.69) is 10.5 Å². The first-order valence-electron chi connectivity index (χ1n) is 7.95. The molecule has 0 unspecified atom stereocenters. The van der Waals surface area contributed by atoms with E-state index >= 15 is 0 Å². The van der Waals surface area contributed by atoms with Crippen LogP contribution in [0.3, 0.4) is 0 Å². The Balaban J connectivity index is 2.36. The Labute approximate surface area is 158 Å². The molecule has 1 aromatic rings. The van der Waals surface area contributed by atoms with Crippen LogP contribution in [0.15, 0.2) is 34.4 Å². The molecule has 1 aliphatic rings. The largest absolute Gasteiger partial charge is 0.462 e. The minimum atomic E-state index is -1.17. The van der Waals surface area contributed by atoms with E-state index in [-0.39, 0.29) is 23.4 Å². The zero-order chi connectivity index (χ0) is 21.1. The van der Waals surface area contributed by atoms with Crippen molar-refractivity contribution < 1.29 is 28.9 Å². The van der Waals surface area contributed by atoms with Crippen molar-refractivity contribution in [1.29, 1.82) is 0 Å². The summed E-state index contributed by atoms with van der Waals surface area (Å²) < 4.78 is 9.97. The van der Waals surface area contributed by atoms with Gasteiger partial charge in [0.1, 0.15) is 11.3 Å². The summed E-state index contributed by atoms with van der Waals surface area (Å²) in [6.07, 6.45) is 1.11. The van der Waals surface area contributed by atoms with Gasteiger partial charge in [0.15, 0.2) is 5.57 Å². The van der Waals surface area contributed by atoms with E-state index in [4.69, 9.17) is 9.47 Å². The van der Waals surface area contributed by atoms with Crippen molar-refractivity contribution in [2.24, 2.45) is 5.10 Å². The molecular weight excluding hydrogens is 376 g/mol. The number of nitrogens with one attached hydrogen (secondary N) is 1. The summed E-state index contributed by atoms with van der Waals surface area (Å²) >= 11 is 0. The number of nitrogens with zero attached hydrogens (tertiary/aromatic N) is 3. The Morgan fingerprint density at radius 3 is 2.57 bits per heavy atom. The Hall–Kier alpha value is -3.83. The Kier molecular flexibility index (Phi) is 5.72. The molecule has 0 amide bonds. The highest BCUT2D eigenvalue weighted by Gasteiger charge is 2.43. The maximum absolute atomic E-state index is 12.0. The normalized spacial score (nSPS) is 15.5. The molecule has 28 heavy (non-hydrogen) atoms. The number of rotatable bonds is 7. The summed E-state index contributed by atoms with van der Waals surface area (Å²) in [7, 11) is 0. The third-order valence-electron chi connectivity index (χ3n) is 3.72. The number of nitro groups is 2. The number of ether oxygens (including phenoxy) is 2. The molecular formula is C16H16N4O8. The van der Waals surface area contributed by atoms with Gasteiger partial charge in [0, 0.05) is 11.6 Å². The molecule has 0 fully saturated rings. The first-order valence-corrected chi connectivity index (χ1v) is 7.95. The van der Waals surface area contributed by atoms with Crippen LogP contribution >= 0.6 is 0 Å². The minimum Gasteiger partial charge on any atom is -0.462 e. The fraction of sp³-hybridized carbons (Fsp3) is 0.312. The molecule has 1 N–H and O–H groups in total. The molecule has 0 bridgehead atoms. The number of carbonyl (C=O) groups is 2. The van der Waals surface area contributed by atoms with Crippen LogP contribution in [0.4, 0.5) is 17.1 Å². The summed E-state index contributed by atoms with van der Waals surface area (Å²) in [6.45, 7) is 4.69. The monoisotopic (exact) mass is 392 g/mol. The predicted molar refractivity (Wildman–Crippen MR) is 95.7 cm³/mol. The first-order chi connectivity index (χ1) is 13.1. The number of carbonyl (C=O) groups excluding carboxylic acids is 2. The van der Waals surface area contributed by atoms with Crippen molar-refractivity contribution in [2.45, 2.75) is 26.4 Å². The number of anilines is 1. The zero-order valence-electron chi connectivity index (χ0n) is 15.1. The number of esters is 2. The number of hydrazone groups is 1. The van der Waals surface area contributed by atoms with Gasteiger partial charge in [0.25, 0.3) is 5.69 Å². The maximum atomic E-state index is 12.0. The number of hydrogen-bond donors (Lipinski definition) is 1. The van der Waals surface area contributed by atoms with Gasteiger partial charge in [-0.2, -0.15) is 5.10 Å². The van der Waals surface area contributed by atoms with Crippen molar-refractivity contribution in [3.05, 3.63) is 49.6 Å². The van der Waals surface area contributed by atoms with E-state index in [9.17, 15) is 29.8 Å². The lowest BCUT2D eigenvalue weighted by molar-refractivity contribution is -0.393. The average Bonchev–Trinajstić information content (AvgIpc) is 2.83. The van der Waals surface area contributed by atoms with Gasteiger partial charge >= 0.3 is 17.6 Å². The third-order valence-corrected chi connectivity index (χ3v) is 3.72. The molecule has 0 radical (unpaired) electrons. The van der Waals surface area contributed by atoms with Crippen molar-refractivity contribution >= 4 is 35.2 Å². The van der Waals surface area contributed by atoms with Crippen LogP contribution in [0, 0.1) is 20.2 Å². The lowest BCUT2D eigenvalue weighted by Gasteiger charge is -2.18. The number of hydrogen-bond acceptors (Lipinski definition) is 10. The minimum absolute atomic E-state index is 0.0493. The predicted octanol–water partition coefficient (Wildman–Crippen LogP) is 2.10. The number of cyclic esters (lactones) is 1. The summed E-state index contributed by atoms with van der Waals surface area (Å²) in [6, 6.07) is 2.98. The van der Waals surface area contributed by atoms with Gasteiger partial charge in [-0.15, -0.1) is 0 Å². The average molecular weight is 392 g/mol. The molecule has 0 saturated carbocycles. The van der Waals surface area contributed by atoms with Crippen LogP contribution in [-0.4, -0.2) is 40.2 Å². The fourth-order valence-electron chi connectivity index (χ4n) is 2.41. The van der Waals surface area contributed by atoms with Crippen molar-refractivity contribution in [1.82, 2.24) is 0 Å². The van der Waals surface area contributed by atoms with E-state index < -0.39 is 38.8 Å². The van der Waals surface area contributed by atoms with Gasteiger partial charge < -0.3 is 9.47 Å². The fourth-order valence-corrected chi connectivity index (χ4v) is 2.41. The highest BCUT2D eigenvalue weighted by Crippen LogP contribution is 2.32. The van der Waals surface area contributed by atoms with Gasteiger partial charge in [0.05, 0.1) is 28.7 Å². The molecule has 0 aromatic heterocycles. The van der Waals surface area contributed by atoms with Crippen molar-refractivity contribution in [2.75, 3.05) is 12.0 Å². The van der Waals surface area contributed by atoms with Crippen molar-refractivity contribution in [3.8, 4) is 0 Å². The maximum Gasteiger partial charge on any atom is 0.346 e. The van der Waals surface area contributed by atoms with Crippen LogP contribution in [0.1, 0.15) is 20.8 Å². The molecule has 0 aliphatic carbocycles. The lowest BCUT2D eigenvalue weighted by Crippen LogP contribution is -2.24. The van der Waals surface area contributed by atoms with Crippen LogP contribution in [0.2, 0.25) is 0 Å². The van der Waals surface area contributed by atoms with Gasteiger partial charge in [-0.3, -0.25) is 25.7 Å². The second kappa shape index (κ2) is 7.82. The molecule has 1 aromatic carbocycles. The number of non-ortho nitro benzene ring substituents is 1. The van der Waals surface area contributed by atoms with Gasteiger partial charge in [-0.05, 0) is 26.8 Å². The number of benzene rings is 1. The molecule has 0 spiro atoms. The van der Waals surface area contributed by atoms with E-state index in [1.165, 1.54) is 13.8 Å². The Bertz CT molecular complexity index is 919. The van der Waals surface area contributed by atoms with Crippen LogP contribution in [0.25, 0.3) is 0 Å². The number of nitro benzene ring substituents is 2. The summed E-state index contributed by atoms with van der Waals surface area (Å²) in [5.74, 6) is -1.74. The zero-order valence-corrected chi connectivity index (χ0v) is 15.1.